The average Bonchev–Trinajstić information content (AvgIpc) is 2.87. The van der Waals surface area contributed by atoms with Gasteiger partial charge in [-0.15, -0.1) is 0 Å². The first-order valence-electron chi connectivity index (χ1n) is 9.37. The summed E-state index contributed by atoms with van der Waals surface area (Å²) >= 11 is 0. The Balaban J connectivity index is 2.16. The number of rotatable bonds is 8. The van der Waals surface area contributed by atoms with Crippen molar-refractivity contribution >= 4 is 15.9 Å². The molecule has 0 unspecified atom stereocenters. The van der Waals surface area contributed by atoms with Gasteiger partial charge < -0.3 is 9.64 Å². The lowest BCUT2D eigenvalue weighted by Crippen LogP contribution is -2.60. The number of hydrogen-bond donors (Lipinski definition) is 1. The molecule has 25 heavy (non-hydrogen) atoms. The molecule has 2 fully saturated rings. The Bertz CT molecular complexity index is 558. The Kier molecular flexibility index (Phi) is 6.87. The Hall–Kier alpha value is -0.700. The van der Waals surface area contributed by atoms with Crippen LogP contribution in [0.1, 0.15) is 46.5 Å². The molecule has 1 N–H and O–H groups in total. The van der Waals surface area contributed by atoms with Crippen molar-refractivity contribution in [3.8, 4) is 0 Å². The van der Waals surface area contributed by atoms with Gasteiger partial charge in [0.1, 0.15) is 0 Å². The molecule has 0 aliphatic carbocycles. The molecule has 0 saturated carbocycles. The lowest BCUT2D eigenvalue weighted by Gasteiger charge is -2.44. The van der Waals surface area contributed by atoms with Crippen LogP contribution in [0.3, 0.4) is 0 Å². The van der Waals surface area contributed by atoms with Crippen molar-refractivity contribution in [3.63, 3.8) is 0 Å². The molecule has 0 aromatic rings. The minimum atomic E-state index is -3.17. The molecule has 2 saturated heterocycles. The number of carbonyl (C=O) groups is 1. The highest BCUT2D eigenvalue weighted by molar-refractivity contribution is 7.89. The first-order chi connectivity index (χ1) is 11.8. The van der Waals surface area contributed by atoms with Gasteiger partial charge in [-0.2, -0.15) is 0 Å². The van der Waals surface area contributed by atoms with E-state index >= 15 is 0 Å². The average molecular weight is 376 g/mol. The Morgan fingerprint density at radius 1 is 1.32 bits per heavy atom. The standard InChI is InChI=1S/C17H33N3O4S/c1-5-14(3)15-16(21)20(10-7-13-24-4)17(18-15)8-11-19(12-9-17)25(22,23)6-2/h14-15,18H,5-13H2,1-4H3/t14-,15+/m0/s1. The van der Waals surface area contributed by atoms with Crippen LogP contribution >= 0.6 is 0 Å². The molecule has 0 radical (unpaired) electrons. The van der Waals surface area contributed by atoms with Crippen LogP contribution in [-0.4, -0.2) is 74.3 Å². The monoisotopic (exact) mass is 375 g/mol. The number of hydrogen-bond acceptors (Lipinski definition) is 5. The van der Waals surface area contributed by atoms with Gasteiger partial charge in [0.2, 0.25) is 15.9 Å². The van der Waals surface area contributed by atoms with Gasteiger partial charge in [0.15, 0.2) is 0 Å². The molecular formula is C17H33N3O4S. The summed E-state index contributed by atoms with van der Waals surface area (Å²) in [5, 5.41) is 3.59. The zero-order chi connectivity index (χ0) is 18.7. The Labute approximate surface area is 152 Å². The van der Waals surface area contributed by atoms with Gasteiger partial charge in [0.25, 0.3) is 0 Å². The van der Waals surface area contributed by atoms with Crippen molar-refractivity contribution in [1.29, 1.82) is 0 Å². The molecule has 2 aliphatic heterocycles. The number of carbonyl (C=O) groups excluding carboxylic acids is 1. The van der Waals surface area contributed by atoms with Gasteiger partial charge >= 0.3 is 0 Å². The maximum atomic E-state index is 13.0. The molecule has 2 aliphatic rings. The second-order valence-corrected chi connectivity index (χ2v) is 9.43. The second-order valence-electron chi connectivity index (χ2n) is 7.17. The fourth-order valence-electron chi connectivity index (χ4n) is 3.85. The van der Waals surface area contributed by atoms with Crippen molar-refractivity contribution in [1.82, 2.24) is 14.5 Å². The highest BCUT2D eigenvalue weighted by Gasteiger charge is 2.52. The zero-order valence-electron chi connectivity index (χ0n) is 16.0. The lowest BCUT2D eigenvalue weighted by atomic mass is 9.96. The smallest absolute Gasteiger partial charge is 0.241 e. The normalized spacial score (nSPS) is 25.7. The summed E-state index contributed by atoms with van der Waals surface area (Å²) in [5.41, 5.74) is -0.418. The molecule has 0 aromatic carbocycles. The largest absolute Gasteiger partial charge is 0.385 e. The molecule has 146 valence electrons. The van der Waals surface area contributed by atoms with Crippen LogP contribution in [0.25, 0.3) is 0 Å². The van der Waals surface area contributed by atoms with Crippen LogP contribution in [0.15, 0.2) is 0 Å². The van der Waals surface area contributed by atoms with Crippen LogP contribution in [0.5, 0.6) is 0 Å². The van der Waals surface area contributed by atoms with Gasteiger partial charge in [-0.1, -0.05) is 20.3 Å². The van der Waals surface area contributed by atoms with Gasteiger partial charge in [0.05, 0.1) is 17.5 Å². The van der Waals surface area contributed by atoms with Gasteiger partial charge in [0, 0.05) is 33.4 Å². The van der Waals surface area contributed by atoms with E-state index < -0.39 is 15.7 Å². The Morgan fingerprint density at radius 3 is 2.48 bits per heavy atom. The number of piperidine rings is 1. The van der Waals surface area contributed by atoms with Crippen LogP contribution in [-0.2, 0) is 19.6 Å². The molecule has 0 aromatic heterocycles. The summed E-state index contributed by atoms with van der Waals surface area (Å²) in [6.07, 6.45) is 2.99. The maximum Gasteiger partial charge on any atom is 0.241 e. The summed E-state index contributed by atoms with van der Waals surface area (Å²) in [6.45, 7) is 8.05. The molecule has 2 rings (SSSR count). The topological polar surface area (TPSA) is 79.0 Å². The van der Waals surface area contributed by atoms with Gasteiger partial charge in [-0.05, 0) is 32.1 Å². The highest BCUT2D eigenvalue weighted by Crippen LogP contribution is 2.35. The maximum absolute atomic E-state index is 13.0. The van der Waals surface area contributed by atoms with E-state index in [4.69, 9.17) is 4.74 Å². The van der Waals surface area contributed by atoms with Crippen molar-refractivity contribution in [2.75, 3.05) is 39.1 Å². The number of nitrogens with one attached hydrogen (secondary N) is 1. The van der Waals surface area contributed by atoms with Crippen molar-refractivity contribution < 1.29 is 17.9 Å². The zero-order valence-corrected chi connectivity index (χ0v) is 16.8. The summed E-state index contributed by atoms with van der Waals surface area (Å²) in [4.78, 5) is 15.0. The van der Waals surface area contributed by atoms with E-state index in [-0.39, 0.29) is 23.6 Å². The van der Waals surface area contributed by atoms with Crippen molar-refractivity contribution in [2.24, 2.45) is 5.92 Å². The molecule has 1 spiro atoms. The van der Waals surface area contributed by atoms with E-state index in [2.05, 4.69) is 19.2 Å². The number of nitrogens with zero attached hydrogens (tertiary/aromatic N) is 2. The SMILES string of the molecule is CC[C@H](C)[C@H]1NC2(CCN(S(=O)(=O)CC)CC2)N(CCCOC)C1=O. The quantitative estimate of drug-likeness (QED) is 0.641. The molecule has 0 bridgehead atoms. The lowest BCUT2D eigenvalue weighted by molar-refractivity contribution is -0.134. The summed E-state index contributed by atoms with van der Waals surface area (Å²) in [7, 11) is -1.51. The van der Waals surface area contributed by atoms with E-state index in [1.807, 2.05) is 4.90 Å². The molecule has 2 atom stereocenters. The van der Waals surface area contributed by atoms with Crippen LogP contribution in [0.4, 0.5) is 0 Å². The molecule has 2 heterocycles. The Morgan fingerprint density at radius 2 is 1.96 bits per heavy atom. The minimum Gasteiger partial charge on any atom is -0.385 e. The molecule has 1 amide bonds. The molecule has 7 nitrogen and oxygen atoms in total. The fraction of sp³-hybridized carbons (Fsp3) is 0.941. The van der Waals surface area contributed by atoms with Crippen molar-refractivity contribution in [2.45, 2.75) is 58.2 Å². The highest BCUT2D eigenvalue weighted by atomic mass is 32.2. The fourth-order valence-corrected chi connectivity index (χ4v) is 4.96. The third-order valence-corrected chi connectivity index (χ3v) is 7.61. The second kappa shape index (κ2) is 8.33. The predicted molar refractivity (Wildman–Crippen MR) is 97.6 cm³/mol. The van der Waals surface area contributed by atoms with E-state index in [1.165, 1.54) is 0 Å². The van der Waals surface area contributed by atoms with E-state index in [0.717, 1.165) is 12.8 Å². The van der Waals surface area contributed by atoms with Gasteiger partial charge in [-0.3, -0.25) is 10.1 Å². The van der Waals surface area contributed by atoms with Crippen LogP contribution < -0.4 is 5.32 Å². The minimum absolute atomic E-state index is 0.124. The third kappa shape index (κ3) is 4.18. The summed E-state index contributed by atoms with van der Waals surface area (Å²) < 4.78 is 31.0. The molecular weight excluding hydrogens is 342 g/mol. The molecule has 8 heteroatoms. The van der Waals surface area contributed by atoms with E-state index in [0.29, 0.717) is 39.1 Å². The number of amides is 1. The van der Waals surface area contributed by atoms with Crippen LogP contribution in [0.2, 0.25) is 0 Å². The first kappa shape index (κ1) is 20.6. The number of sulfonamides is 1. The van der Waals surface area contributed by atoms with Crippen LogP contribution in [0, 0.1) is 5.92 Å². The first-order valence-corrected chi connectivity index (χ1v) is 11.0. The number of ether oxygens (including phenoxy) is 1. The summed E-state index contributed by atoms with van der Waals surface area (Å²) in [6, 6.07) is -0.179. The number of methoxy groups -OCH3 is 1. The summed E-state index contributed by atoms with van der Waals surface area (Å²) in [5.74, 6) is 0.533. The van der Waals surface area contributed by atoms with E-state index in [1.54, 1.807) is 18.3 Å². The van der Waals surface area contributed by atoms with E-state index in [9.17, 15) is 13.2 Å². The third-order valence-electron chi connectivity index (χ3n) is 5.72. The van der Waals surface area contributed by atoms with Crippen molar-refractivity contribution in [3.05, 3.63) is 0 Å². The van der Waals surface area contributed by atoms with Gasteiger partial charge in [-0.25, -0.2) is 12.7 Å². The predicted octanol–water partition coefficient (Wildman–Crippen LogP) is 1.01.